The van der Waals surface area contributed by atoms with Gasteiger partial charge in [-0.15, -0.1) is 0 Å². The van der Waals surface area contributed by atoms with Crippen LogP contribution in [0.25, 0.3) is 0 Å². The normalized spacial score (nSPS) is 13.0. The molecule has 2 rings (SSSR count). The minimum absolute atomic E-state index is 0.00428. The van der Waals surface area contributed by atoms with Crippen molar-refractivity contribution >= 4 is 30.5 Å². The van der Waals surface area contributed by atoms with E-state index in [9.17, 15) is 9.59 Å². The summed E-state index contributed by atoms with van der Waals surface area (Å²) in [6, 6.07) is 11.9. The van der Waals surface area contributed by atoms with Gasteiger partial charge in [-0.25, -0.2) is 0 Å². The first kappa shape index (κ1) is 21.2. The third-order valence-corrected chi connectivity index (χ3v) is 5.67. The van der Waals surface area contributed by atoms with Gasteiger partial charge in [0.2, 0.25) is 0 Å². The molecule has 4 nitrogen and oxygen atoms in total. The molecule has 1 aromatic carbocycles. The summed E-state index contributed by atoms with van der Waals surface area (Å²) in [5.74, 6) is 0.789. The van der Waals surface area contributed by atoms with Gasteiger partial charge >= 0.3 is 0 Å². The number of Topliss-reactive ketones (excluding diaryl/α,β-unsaturated/α-hetero) is 1. The number of pyridine rings is 1. The number of aryl methyl sites for hydroxylation is 1. The average Bonchev–Trinajstić information content (AvgIpc) is 2.63. The van der Waals surface area contributed by atoms with E-state index in [1.54, 1.807) is 0 Å². The summed E-state index contributed by atoms with van der Waals surface area (Å²) in [7, 11) is 1.82. The molecular weight excluding hydrogens is 357 g/mol. The maximum absolute atomic E-state index is 12.0. The third kappa shape index (κ3) is 6.54. The maximum Gasteiger partial charge on any atom is 0.186 e. The lowest BCUT2D eigenvalue weighted by atomic mass is 9.78. The van der Waals surface area contributed by atoms with Gasteiger partial charge in [0, 0.05) is 25.2 Å². The van der Waals surface area contributed by atoms with Crippen molar-refractivity contribution in [3.63, 3.8) is 0 Å². The van der Waals surface area contributed by atoms with Crippen molar-refractivity contribution in [1.29, 1.82) is 0 Å². The SMILES string of the molecule is BC(Cc1ccc(OCCc2ccc(CC)cn2)cc1)(SC(C)=O)C(C)=O. The van der Waals surface area contributed by atoms with Gasteiger partial charge < -0.3 is 4.74 Å². The Balaban J connectivity index is 1.90. The number of ketones is 1. The fourth-order valence-corrected chi connectivity index (χ4v) is 3.75. The van der Waals surface area contributed by atoms with E-state index in [1.807, 2.05) is 44.4 Å². The summed E-state index contributed by atoms with van der Waals surface area (Å²) in [4.78, 5) is 27.9. The zero-order valence-corrected chi connectivity index (χ0v) is 17.3. The van der Waals surface area contributed by atoms with E-state index >= 15 is 0 Å². The van der Waals surface area contributed by atoms with Crippen molar-refractivity contribution in [2.75, 3.05) is 6.61 Å². The van der Waals surface area contributed by atoms with Crippen LogP contribution >= 0.6 is 11.8 Å². The molecule has 1 unspecified atom stereocenters. The molecule has 1 aromatic heterocycles. The largest absolute Gasteiger partial charge is 0.493 e. The first-order valence-electron chi connectivity index (χ1n) is 9.18. The van der Waals surface area contributed by atoms with Gasteiger partial charge in [-0.3, -0.25) is 14.6 Å². The van der Waals surface area contributed by atoms with Crippen LogP contribution in [0.2, 0.25) is 0 Å². The number of thioether (sulfide) groups is 1. The van der Waals surface area contributed by atoms with Gasteiger partial charge in [0.25, 0.3) is 0 Å². The smallest absolute Gasteiger partial charge is 0.186 e. The molecule has 0 radical (unpaired) electrons. The van der Waals surface area contributed by atoms with Crippen LogP contribution in [0.5, 0.6) is 5.75 Å². The van der Waals surface area contributed by atoms with Crippen LogP contribution in [-0.2, 0) is 28.9 Å². The molecule has 0 bridgehead atoms. The van der Waals surface area contributed by atoms with E-state index in [-0.39, 0.29) is 10.9 Å². The monoisotopic (exact) mass is 383 g/mol. The van der Waals surface area contributed by atoms with Crippen molar-refractivity contribution in [3.8, 4) is 5.75 Å². The Morgan fingerprint density at radius 1 is 1.11 bits per heavy atom. The van der Waals surface area contributed by atoms with Crippen LogP contribution in [0.1, 0.15) is 37.6 Å². The summed E-state index contributed by atoms with van der Waals surface area (Å²) in [6.45, 7) is 5.70. The summed E-state index contributed by atoms with van der Waals surface area (Å²) in [5.41, 5.74) is 3.25. The molecule has 27 heavy (non-hydrogen) atoms. The van der Waals surface area contributed by atoms with Crippen molar-refractivity contribution < 1.29 is 14.3 Å². The molecule has 1 heterocycles. The van der Waals surface area contributed by atoms with Gasteiger partial charge in [-0.1, -0.05) is 36.9 Å². The van der Waals surface area contributed by atoms with Crippen LogP contribution in [0.15, 0.2) is 42.6 Å². The summed E-state index contributed by atoms with van der Waals surface area (Å²) in [6.07, 6.45) is 4.17. The molecule has 0 saturated carbocycles. The number of carbonyl (C=O) groups excluding carboxylic acids is 2. The molecule has 0 saturated heterocycles. The van der Waals surface area contributed by atoms with E-state index < -0.39 is 4.65 Å². The predicted octanol–water partition coefficient (Wildman–Crippen LogP) is 3.01. The molecule has 0 aliphatic heterocycles. The average molecular weight is 383 g/mol. The van der Waals surface area contributed by atoms with Crippen LogP contribution in [-0.4, -0.2) is 35.0 Å². The molecule has 2 aromatic rings. The highest BCUT2D eigenvalue weighted by Gasteiger charge is 2.32. The Kier molecular flexibility index (Phi) is 7.66. The minimum Gasteiger partial charge on any atom is -0.493 e. The number of nitrogens with zero attached hydrogens (tertiary/aromatic N) is 1. The van der Waals surface area contributed by atoms with Crippen LogP contribution in [0, 0.1) is 0 Å². The lowest BCUT2D eigenvalue weighted by Crippen LogP contribution is -2.37. The van der Waals surface area contributed by atoms with Gasteiger partial charge in [-0.05, 0) is 49.1 Å². The number of aromatic nitrogens is 1. The topological polar surface area (TPSA) is 56.3 Å². The van der Waals surface area contributed by atoms with Crippen LogP contribution in [0.4, 0.5) is 0 Å². The lowest BCUT2D eigenvalue weighted by molar-refractivity contribution is -0.118. The molecular formula is C21H26BNO3S. The highest BCUT2D eigenvalue weighted by Crippen LogP contribution is 2.28. The molecule has 0 aliphatic carbocycles. The Hall–Kier alpha value is -2.08. The van der Waals surface area contributed by atoms with Gasteiger partial charge in [0.05, 0.1) is 11.3 Å². The highest BCUT2D eigenvalue weighted by molar-refractivity contribution is 8.16. The van der Waals surface area contributed by atoms with Crippen LogP contribution < -0.4 is 4.74 Å². The van der Waals surface area contributed by atoms with E-state index in [2.05, 4.69) is 18.0 Å². The van der Waals surface area contributed by atoms with Crippen molar-refractivity contribution in [1.82, 2.24) is 4.98 Å². The second kappa shape index (κ2) is 9.74. The standard InChI is InChI=1S/C21H26BNO3S/c1-4-17-5-8-19(23-14-17)11-12-26-20-9-6-18(7-10-20)13-21(22,15(2)24)27-16(3)25/h5-10,14H,4,11-13,22H2,1-3H3. The zero-order valence-electron chi connectivity index (χ0n) is 16.5. The molecule has 6 heteroatoms. The maximum atomic E-state index is 12.0. The predicted molar refractivity (Wildman–Crippen MR) is 113 cm³/mol. The molecule has 0 spiro atoms. The summed E-state index contributed by atoms with van der Waals surface area (Å²) >= 11 is 1.10. The molecule has 0 fully saturated rings. The second-order valence-electron chi connectivity index (χ2n) is 6.81. The molecule has 1 atom stereocenters. The zero-order chi connectivity index (χ0) is 19.9. The minimum atomic E-state index is -0.732. The molecule has 0 N–H and O–H groups in total. The van der Waals surface area contributed by atoms with Crippen molar-refractivity contribution in [3.05, 3.63) is 59.4 Å². The highest BCUT2D eigenvalue weighted by atomic mass is 32.2. The molecule has 0 aliphatic rings. The lowest BCUT2D eigenvalue weighted by Gasteiger charge is -2.25. The van der Waals surface area contributed by atoms with Gasteiger partial charge in [-0.2, -0.15) is 0 Å². The van der Waals surface area contributed by atoms with E-state index in [1.165, 1.54) is 19.4 Å². The Bertz CT molecular complexity index is 777. The van der Waals surface area contributed by atoms with E-state index in [4.69, 9.17) is 4.74 Å². The summed E-state index contributed by atoms with van der Waals surface area (Å²) in [5, 5.41) is -0.0479. The fourth-order valence-electron chi connectivity index (χ4n) is 2.73. The van der Waals surface area contributed by atoms with E-state index in [0.29, 0.717) is 13.0 Å². The number of carbonyl (C=O) groups is 2. The second-order valence-corrected chi connectivity index (χ2v) is 8.49. The molecule has 142 valence electrons. The first-order valence-corrected chi connectivity index (χ1v) is 10.00. The molecule has 0 amide bonds. The van der Waals surface area contributed by atoms with Crippen LogP contribution in [0.3, 0.4) is 0 Å². The van der Waals surface area contributed by atoms with Crippen molar-refractivity contribution in [2.24, 2.45) is 0 Å². The number of hydrogen-bond acceptors (Lipinski definition) is 5. The Morgan fingerprint density at radius 3 is 2.30 bits per heavy atom. The quantitative estimate of drug-likeness (QED) is 0.623. The Labute approximate surface area is 166 Å². The number of rotatable bonds is 9. The number of hydrogen-bond donors (Lipinski definition) is 0. The number of benzene rings is 1. The van der Waals surface area contributed by atoms with Gasteiger partial charge in [0.1, 0.15) is 19.4 Å². The Morgan fingerprint density at radius 2 is 1.78 bits per heavy atom. The van der Waals surface area contributed by atoms with Crippen molar-refractivity contribution in [2.45, 2.75) is 44.7 Å². The van der Waals surface area contributed by atoms with E-state index in [0.717, 1.165) is 41.6 Å². The summed E-state index contributed by atoms with van der Waals surface area (Å²) < 4.78 is 5.07. The first-order chi connectivity index (χ1) is 12.8. The third-order valence-electron chi connectivity index (χ3n) is 4.50. The fraction of sp³-hybridized carbons (Fsp3) is 0.381. The number of ether oxygens (including phenoxy) is 1. The van der Waals surface area contributed by atoms with Gasteiger partial charge in [0.15, 0.2) is 5.12 Å².